The maximum Gasteiger partial charge on any atom is 0.152 e. The Balaban J connectivity index is 1.77. The molecule has 2 heterocycles. The average Bonchev–Trinajstić information content (AvgIpc) is 3.05. The summed E-state index contributed by atoms with van der Waals surface area (Å²) in [4.78, 5) is 2.42. The summed E-state index contributed by atoms with van der Waals surface area (Å²) in [6.07, 6.45) is 2.59. The van der Waals surface area contributed by atoms with Crippen LogP contribution >= 0.6 is 0 Å². The maximum absolute atomic E-state index is 6.03. The van der Waals surface area contributed by atoms with Crippen LogP contribution in [0.3, 0.4) is 0 Å². The fourth-order valence-electron chi connectivity index (χ4n) is 2.69. The van der Waals surface area contributed by atoms with Crippen LogP contribution in [0.2, 0.25) is 0 Å². The Morgan fingerprint density at radius 3 is 2.35 bits per heavy atom. The van der Waals surface area contributed by atoms with E-state index in [9.17, 15) is 0 Å². The molecule has 20 heavy (non-hydrogen) atoms. The summed E-state index contributed by atoms with van der Waals surface area (Å²) in [5.74, 6) is 0.844. The molecule has 106 valence electrons. The molecule has 1 aromatic carbocycles. The van der Waals surface area contributed by atoms with E-state index in [0.29, 0.717) is 5.69 Å². The predicted octanol–water partition coefficient (Wildman–Crippen LogP) is 2.65. The Labute approximate surface area is 119 Å². The lowest BCUT2D eigenvalue weighted by Crippen LogP contribution is -2.17. The standard InChI is InChI=1S/C15H21N5/c1-11-14(16)15(19(2)18-11)17-12-5-7-13(8-6-12)20-9-3-4-10-20/h5-8,17H,3-4,9-10,16H2,1-2H3. The van der Waals surface area contributed by atoms with Crippen LogP contribution in [0.4, 0.5) is 22.9 Å². The zero-order chi connectivity index (χ0) is 14.1. The fourth-order valence-corrected chi connectivity index (χ4v) is 2.69. The second-order valence-electron chi connectivity index (χ2n) is 5.34. The Bertz CT molecular complexity index is 593. The van der Waals surface area contributed by atoms with Crippen LogP contribution in [-0.2, 0) is 7.05 Å². The lowest BCUT2D eigenvalue weighted by atomic mass is 10.2. The summed E-state index contributed by atoms with van der Waals surface area (Å²) < 4.78 is 1.78. The topological polar surface area (TPSA) is 59.1 Å². The lowest BCUT2D eigenvalue weighted by molar-refractivity contribution is 0.765. The van der Waals surface area contributed by atoms with Gasteiger partial charge in [0.25, 0.3) is 0 Å². The van der Waals surface area contributed by atoms with Gasteiger partial charge in [0.05, 0.1) is 11.4 Å². The molecule has 0 radical (unpaired) electrons. The summed E-state index contributed by atoms with van der Waals surface area (Å²) in [5.41, 5.74) is 9.91. The number of hydrogen-bond donors (Lipinski definition) is 2. The Hall–Kier alpha value is -2.17. The van der Waals surface area contributed by atoms with Gasteiger partial charge in [-0.05, 0) is 44.0 Å². The molecule has 0 unspecified atom stereocenters. The van der Waals surface area contributed by atoms with E-state index in [0.717, 1.165) is 17.2 Å². The average molecular weight is 271 g/mol. The van der Waals surface area contributed by atoms with Crippen LogP contribution in [-0.4, -0.2) is 22.9 Å². The van der Waals surface area contributed by atoms with Gasteiger partial charge in [0.1, 0.15) is 0 Å². The molecule has 1 aliphatic rings. The van der Waals surface area contributed by atoms with E-state index in [1.54, 1.807) is 4.68 Å². The van der Waals surface area contributed by atoms with E-state index in [-0.39, 0.29) is 0 Å². The maximum atomic E-state index is 6.03. The van der Waals surface area contributed by atoms with E-state index < -0.39 is 0 Å². The van der Waals surface area contributed by atoms with Crippen LogP contribution in [0.1, 0.15) is 18.5 Å². The molecule has 1 fully saturated rings. The summed E-state index contributed by atoms with van der Waals surface area (Å²) in [6, 6.07) is 8.50. The zero-order valence-electron chi connectivity index (χ0n) is 12.1. The van der Waals surface area contributed by atoms with E-state index in [2.05, 4.69) is 39.6 Å². The summed E-state index contributed by atoms with van der Waals surface area (Å²) >= 11 is 0. The second-order valence-corrected chi connectivity index (χ2v) is 5.34. The first kappa shape index (κ1) is 12.8. The number of anilines is 4. The highest BCUT2D eigenvalue weighted by Crippen LogP contribution is 2.27. The summed E-state index contributed by atoms with van der Waals surface area (Å²) in [5, 5.41) is 7.64. The third-order valence-corrected chi connectivity index (χ3v) is 3.87. The van der Waals surface area contributed by atoms with Gasteiger partial charge in [0.15, 0.2) is 5.82 Å². The number of hydrogen-bond acceptors (Lipinski definition) is 4. The number of rotatable bonds is 3. The molecule has 5 nitrogen and oxygen atoms in total. The first-order valence-electron chi connectivity index (χ1n) is 7.06. The van der Waals surface area contributed by atoms with Gasteiger partial charge in [-0.2, -0.15) is 5.10 Å². The summed E-state index contributed by atoms with van der Waals surface area (Å²) in [6.45, 7) is 4.25. The van der Waals surface area contributed by atoms with E-state index in [4.69, 9.17) is 5.73 Å². The quantitative estimate of drug-likeness (QED) is 0.901. The highest BCUT2D eigenvalue weighted by molar-refractivity contribution is 5.71. The van der Waals surface area contributed by atoms with Gasteiger partial charge >= 0.3 is 0 Å². The molecule has 1 aliphatic heterocycles. The molecule has 0 atom stereocenters. The molecule has 0 bridgehead atoms. The van der Waals surface area contributed by atoms with Crippen molar-refractivity contribution in [3.05, 3.63) is 30.0 Å². The van der Waals surface area contributed by atoms with Crippen LogP contribution in [0.15, 0.2) is 24.3 Å². The third-order valence-electron chi connectivity index (χ3n) is 3.87. The van der Waals surface area contributed by atoms with Crippen molar-refractivity contribution >= 4 is 22.9 Å². The minimum absolute atomic E-state index is 0.705. The van der Waals surface area contributed by atoms with Crippen LogP contribution < -0.4 is 16.0 Å². The molecule has 5 heteroatoms. The highest BCUT2D eigenvalue weighted by Gasteiger charge is 2.13. The van der Waals surface area contributed by atoms with E-state index in [1.165, 1.54) is 31.6 Å². The first-order valence-corrected chi connectivity index (χ1v) is 7.06. The van der Waals surface area contributed by atoms with Crippen molar-refractivity contribution in [2.45, 2.75) is 19.8 Å². The number of aromatic nitrogens is 2. The van der Waals surface area contributed by atoms with E-state index in [1.807, 2.05) is 14.0 Å². The molecule has 0 aliphatic carbocycles. The SMILES string of the molecule is Cc1nn(C)c(Nc2ccc(N3CCCC3)cc2)c1N. The lowest BCUT2D eigenvalue weighted by Gasteiger charge is -2.18. The molecule has 0 amide bonds. The smallest absolute Gasteiger partial charge is 0.152 e. The van der Waals surface area contributed by atoms with Gasteiger partial charge in [-0.1, -0.05) is 0 Å². The molecular formula is C15H21N5. The zero-order valence-corrected chi connectivity index (χ0v) is 12.1. The van der Waals surface area contributed by atoms with Crippen molar-refractivity contribution in [3.63, 3.8) is 0 Å². The Morgan fingerprint density at radius 2 is 1.80 bits per heavy atom. The third kappa shape index (κ3) is 2.31. The number of nitrogens with one attached hydrogen (secondary N) is 1. The van der Waals surface area contributed by atoms with Crippen molar-refractivity contribution in [1.82, 2.24) is 9.78 Å². The van der Waals surface area contributed by atoms with Gasteiger partial charge in [-0.25, -0.2) is 0 Å². The summed E-state index contributed by atoms with van der Waals surface area (Å²) in [7, 11) is 1.89. The number of nitrogens with zero attached hydrogens (tertiary/aromatic N) is 3. The van der Waals surface area contributed by atoms with Gasteiger partial charge in [-0.3, -0.25) is 4.68 Å². The second kappa shape index (κ2) is 5.07. The molecule has 0 spiro atoms. The molecule has 3 N–H and O–H groups in total. The molecule has 1 saturated heterocycles. The van der Waals surface area contributed by atoms with Crippen molar-refractivity contribution in [3.8, 4) is 0 Å². The molecule has 2 aromatic rings. The Morgan fingerprint density at radius 1 is 1.15 bits per heavy atom. The van der Waals surface area contributed by atoms with Gasteiger partial charge in [-0.15, -0.1) is 0 Å². The van der Waals surface area contributed by atoms with E-state index >= 15 is 0 Å². The van der Waals surface area contributed by atoms with Crippen molar-refractivity contribution in [2.75, 3.05) is 29.0 Å². The molecule has 3 rings (SSSR count). The monoisotopic (exact) mass is 271 g/mol. The predicted molar refractivity (Wildman–Crippen MR) is 83.5 cm³/mol. The van der Waals surface area contributed by atoms with Crippen molar-refractivity contribution in [1.29, 1.82) is 0 Å². The highest BCUT2D eigenvalue weighted by atomic mass is 15.3. The molecule has 0 saturated carbocycles. The minimum Gasteiger partial charge on any atom is -0.394 e. The normalized spacial score (nSPS) is 14.8. The molecular weight excluding hydrogens is 250 g/mol. The first-order chi connectivity index (χ1) is 9.65. The van der Waals surface area contributed by atoms with Gasteiger partial charge in [0, 0.05) is 31.5 Å². The largest absolute Gasteiger partial charge is 0.394 e. The van der Waals surface area contributed by atoms with Crippen molar-refractivity contribution in [2.24, 2.45) is 7.05 Å². The van der Waals surface area contributed by atoms with Crippen molar-refractivity contribution < 1.29 is 0 Å². The fraction of sp³-hybridized carbons (Fsp3) is 0.400. The number of nitrogens with two attached hydrogens (primary N) is 1. The van der Waals surface area contributed by atoms with Crippen LogP contribution in [0, 0.1) is 6.92 Å². The van der Waals surface area contributed by atoms with Crippen LogP contribution in [0.5, 0.6) is 0 Å². The minimum atomic E-state index is 0.705. The Kier molecular flexibility index (Phi) is 3.26. The molecule has 1 aromatic heterocycles. The number of aryl methyl sites for hydroxylation is 2. The van der Waals surface area contributed by atoms with Crippen LogP contribution in [0.25, 0.3) is 0 Å². The number of nitrogen functional groups attached to an aromatic ring is 1. The number of benzene rings is 1. The van der Waals surface area contributed by atoms with Gasteiger partial charge < -0.3 is 16.0 Å². The van der Waals surface area contributed by atoms with Gasteiger partial charge in [0.2, 0.25) is 0 Å².